The van der Waals surface area contributed by atoms with Gasteiger partial charge >= 0.3 is 0 Å². The molecule has 0 spiro atoms. The van der Waals surface area contributed by atoms with E-state index in [1.807, 2.05) is 0 Å². The minimum atomic E-state index is -1.01. The first-order valence-electron chi connectivity index (χ1n) is 6.73. The Morgan fingerprint density at radius 2 is 1.55 bits per heavy atom. The molecule has 118 valence electrons. The second-order valence-electron chi connectivity index (χ2n) is 5.21. The lowest BCUT2D eigenvalue weighted by Crippen LogP contribution is -2.52. The Kier molecular flexibility index (Phi) is 5.70. The molecule has 5 unspecified atom stereocenters. The molecule has 0 amide bonds. The molecular weight excluding hydrogens is 272 g/mol. The molecular formula is C12H22O8. The summed E-state index contributed by atoms with van der Waals surface area (Å²) >= 11 is 0. The fourth-order valence-electron chi connectivity index (χ4n) is 2.44. The fraction of sp³-hybridized carbons (Fsp3) is 1.00. The molecule has 0 aromatic carbocycles. The Hall–Kier alpha value is -0.320. The minimum Gasteiger partial charge on any atom is -0.394 e. The normalized spacial score (nSPS) is 46.4. The van der Waals surface area contributed by atoms with Crippen LogP contribution in [0.1, 0.15) is 12.8 Å². The molecule has 0 aromatic rings. The molecule has 0 radical (unpaired) electrons. The summed E-state index contributed by atoms with van der Waals surface area (Å²) in [5.74, 6) is 0. The zero-order valence-electron chi connectivity index (χ0n) is 11.0. The molecule has 0 saturated carbocycles. The predicted molar refractivity (Wildman–Crippen MR) is 64.7 cm³/mol. The first kappa shape index (κ1) is 16.1. The van der Waals surface area contributed by atoms with Gasteiger partial charge in [0, 0.05) is 12.8 Å². The average molecular weight is 294 g/mol. The highest BCUT2D eigenvalue weighted by molar-refractivity contribution is 4.83. The van der Waals surface area contributed by atoms with E-state index in [9.17, 15) is 15.3 Å². The van der Waals surface area contributed by atoms with Gasteiger partial charge in [-0.3, -0.25) is 0 Å². The molecule has 0 aromatic heterocycles. The van der Waals surface area contributed by atoms with E-state index in [-0.39, 0.29) is 32.7 Å². The van der Waals surface area contributed by atoms with Gasteiger partial charge in [-0.1, -0.05) is 0 Å². The van der Waals surface area contributed by atoms with E-state index >= 15 is 0 Å². The molecule has 0 aliphatic carbocycles. The van der Waals surface area contributed by atoms with Crippen molar-refractivity contribution in [2.24, 2.45) is 0 Å². The van der Waals surface area contributed by atoms with Gasteiger partial charge in [-0.15, -0.1) is 0 Å². The van der Waals surface area contributed by atoms with Crippen LogP contribution in [0.25, 0.3) is 0 Å². The molecule has 2 saturated heterocycles. The Balaban J connectivity index is 1.86. The van der Waals surface area contributed by atoms with Gasteiger partial charge in [0.05, 0.1) is 38.1 Å². The zero-order chi connectivity index (χ0) is 14.7. The third-order valence-electron chi connectivity index (χ3n) is 3.65. The van der Waals surface area contributed by atoms with Gasteiger partial charge in [-0.05, 0) is 0 Å². The van der Waals surface area contributed by atoms with Crippen molar-refractivity contribution in [2.75, 3.05) is 19.8 Å². The molecule has 2 aliphatic heterocycles. The second-order valence-corrected chi connectivity index (χ2v) is 5.21. The van der Waals surface area contributed by atoms with Crippen LogP contribution in [0.3, 0.4) is 0 Å². The summed E-state index contributed by atoms with van der Waals surface area (Å²) in [5.41, 5.74) is 0. The molecule has 2 aliphatic rings. The molecule has 8 nitrogen and oxygen atoms in total. The predicted octanol–water partition coefficient (Wildman–Crippen LogP) is -2.66. The van der Waals surface area contributed by atoms with Gasteiger partial charge in [0.25, 0.3) is 0 Å². The van der Waals surface area contributed by atoms with Crippen molar-refractivity contribution in [1.82, 2.24) is 0 Å². The van der Waals surface area contributed by atoms with Gasteiger partial charge in [0.1, 0.15) is 18.3 Å². The second kappa shape index (κ2) is 7.10. The van der Waals surface area contributed by atoms with Gasteiger partial charge < -0.3 is 39.7 Å². The summed E-state index contributed by atoms with van der Waals surface area (Å²) in [6.45, 7) is -0.472. The zero-order valence-corrected chi connectivity index (χ0v) is 11.0. The van der Waals surface area contributed by atoms with Crippen molar-refractivity contribution in [3.05, 3.63) is 0 Å². The first-order valence-corrected chi connectivity index (χ1v) is 6.73. The highest BCUT2D eigenvalue weighted by Gasteiger charge is 2.39. The standard InChI is InChI=1S/C12H22O8/c13-3-10-7(15)1-6(5-18-10)19-12-9(17)2-8(16)11(4-14)20-12/h6-17H,1-5H2/t6?,7-,8?,9-,10?,11?,12?/m0/s1. The number of aliphatic hydroxyl groups is 5. The van der Waals surface area contributed by atoms with Crippen LogP contribution in [0.15, 0.2) is 0 Å². The van der Waals surface area contributed by atoms with Crippen molar-refractivity contribution in [3.63, 3.8) is 0 Å². The Bertz CT molecular complexity index is 301. The highest BCUT2D eigenvalue weighted by atomic mass is 16.7. The van der Waals surface area contributed by atoms with Crippen LogP contribution in [-0.2, 0) is 14.2 Å². The molecule has 2 rings (SSSR count). The molecule has 2 heterocycles. The van der Waals surface area contributed by atoms with Crippen LogP contribution in [-0.4, -0.2) is 88.3 Å². The molecule has 5 N–H and O–H groups in total. The van der Waals surface area contributed by atoms with Crippen molar-refractivity contribution in [1.29, 1.82) is 0 Å². The number of rotatable bonds is 4. The summed E-state index contributed by atoms with van der Waals surface area (Å²) in [6.07, 6.45) is -5.40. The van der Waals surface area contributed by atoms with E-state index in [0.717, 1.165) is 0 Å². The Morgan fingerprint density at radius 1 is 0.900 bits per heavy atom. The van der Waals surface area contributed by atoms with E-state index in [4.69, 9.17) is 24.4 Å². The van der Waals surface area contributed by atoms with E-state index in [2.05, 4.69) is 0 Å². The van der Waals surface area contributed by atoms with Gasteiger partial charge in [-0.25, -0.2) is 0 Å². The van der Waals surface area contributed by atoms with Crippen LogP contribution in [0, 0.1) is 0 Å². The maximum atomic E-state index is 9.81. The number of ether oxygens (including phenoxy) is 3. The van der Waals surface area contributed by atoms with Gasteiger partial charge in [0.2, 0.25) is 0 Å². The van der Waals surface area contributed by atoms with Crippen molar-refractivity contribution < 1.29 is 39.7 Å². The molecule has 8 heteroatoms. The number of hydrogen-bond acceptors (Lipinski definition) is 8. The van der Waals surface area contributed by atoms with E-state index in [0.29, 0.717) is 0 Å². The first-order chi connectivity index (χ1) is 9.55. The summed E-state index contributed by atoms with van der Waals surface area (Å²) in [5, 5.41) is 47.1. The molecule has 20 heavy (non-hydrogen) atoms. The highest BCUT2D eigenvalue weighted by Crippen LogP contribution is 2.25. The Labute approximate surface area is 116 Å². The van der Waals surface area contributed by atoms with Crippen molar-refractivity contribution >= 4 is 0 Å². The topological polar surface area (TPSA) is 129 Å². The lowest BCUT2D eigenvalue weighted by molar-refractivity contribution is -0.297. The van der Waals surface area contributed by atoms with E-state index in [1.54, 1.807) is 0 Å². The summed E-state index contributed by atoms with van der Waals surface area (Å²) in [7, 11) is 0. The van der Waals surface area contributed by atoms with Crippen LogP contribution in [0.2, 0.25) is 0 Å². The largest absolute Gasteiger partial charge is 0.394 e. The molecule has 2 fully saturated rings. The maximum absolute atomic E-state index is 9.81. The number of aliphatic hydroxyl groups excluding tert-OH is 5. The van der Waals surface area contributed by atoms with Crippen LogP contribution in [0.5, 0.6) is 0 Å². The van der Waals surface area contributed by atoms with Crippen molar-refractivity contribution in [3.8, 4) is 0 Å². The van der Waals surface area contributed by atoms with Crippen LogP contribution >= 0.6 is 0 Å². The van der Waals surface area contributed by atoms with Gasteiger partial charge in [-0.2, -0.15) is 0 Å². The lowest BCUT2D eigenvalue weighted by Gasteiger charge is -2.40. The minimum absolute atomic E-state index is 0.0469. The maximum Gasteiger partial charge on any atom is 0.184 e. The SMILES string of the molecule is OCC1OC(OC2COC(CO)[C@@H](O)C2)[C@@H](O)CC1O. The Morgan fingerprint density at radius 3 is 2.15 bits per heavy atom. The van der Waals surface area contributed by atoms with E-state index in [1.165, 1.54) is 0 Å². The lowest BCUT2D eigenvalue weighted by atomic mass is 10.0. The molecule has 7 atom stereocenters. The fourth-order valence-corrected chi connectivity index (χ4v) is 2.44. The quantitative estimate of drug-likeness (QED) is 0.380. The third-order valence-corrected chi connectivity index (χ3v) is 3.65. The average Bonchev–Trinajstić information content (AvgIpc) is 2.42. The monoisotopic (exact) mass is 294 g/mol. The van der Waals surface area contributed by atoms with Crippen LogP contribution in [0.4, 0.5) is 0 Å². The van der Waals surface area contributed by atoms with Crippen molar-refractivity contribution in [2.45, 2.75) is 55.8 Å². The number of hydrogen-bond donors (Lipinski definition) is 5. The third kappa shape index (κ3) is 3.66. The molecule has 0 bridgehead atoms. The smallest absolute Gasteiger partial charge is 0.184 e. The van der Waals surface area contributed by atoms with Gasteiger partial charge in [0.15, 0.2) is 6.29 Å². The summed E-state index contributed by atoms with van der Waals surface area (Å²) in [4.78, 5) is 0. The van der Waals surface area contributed by atoms with Crippen LogP contribution < -0.4 is 0 Å². The summed E-state index contributed by atoms with van der Waals surface area (Å²) < 4.78 is 16.1. The van der Waals surface area contributed by atoms with E-state index < -0.39 is 42.9 Å². The summed E-state index contributed by atoms with van der Waals surface area (Å²) in [6, 6.07) is 0.